The number of allylic oxidation sites excluding steroid dienone is 3. The van der Waals surface area contributed by atoms with E-state index >= 15 is 0 Å². The summed E-state index contributed by atoms with van der Waals surface area (Å²) in [6.45, 7) is 0. The monoisotopic (exact) mass is 153 g/mol. The standard InChI is InChI=1S/C8H15N3/c9-7-5-3-1-2-4-6-8(7)11-10/h1,3,11H,2,4-6,9-10H2/b3-1-,8-7+. The SMILES string of the molecule is NN/C1=C(/N)C/C=C\CCC1. The summed E-state index contributed by atoms with van der Waals surface area (Å²) in [5.74, 6) is 5.30. The highest BCUT2D eigenvalue weighted by Gasteiger charge is 2.02. The molecule has 0 spiro atoms. The van der Waals surface area contributed by atoms with E-state index < -0.39 is 0 Å². The van der Waals surface area contributed by atoms with E-state index in [9.17, 15) is 0 Å². The molecule has 0 heterocycles. The summed E-state index contributed by atoms with van der Waals surface area (Å²) in [6, 6.07) is 0. The van der Waals surface area contributed by atoms with E-state index in [0.29, 0.717) is 0 Å². The van der Waals surface area contributed by atoms with Crippen LogP contribution in [0.15, 0.2) is 23.5 Å². The zero-order valence-electron chi connectivity index (χ0n) is 6.64. The molecule has 0 bridgehead atoms. The molecule has 3 nitrogen and oxygen atoms in total. The van der Waals surface area contributed by atoms with Crippen molar-refractivity contribution in [3.8, 4) is 0 Å². The van der Waals surface area contributed by atoms with Crippen LogP contribution in [0.3, 0.4) is 0 Å². The summed E-state index contributed by atoms with van der Waals surface area (Å²) in [4.78, 5) is 0. The molecule has 11 heavy (non-hydrogen) atoms. The molecule has 3 heteroatoms. The normalized spacial score (nSPS) is 28.8. The lowest BCUT2D eigenvalue weighted by Crippen LogP contribution is -2.25. The third-order valence-corrected chi connectivity index (χ3v) is 1.86. The van der Waals surface area contributed by atoms with Crippen molar-refractivity contribution in [1.82, 2.24) is 5.43 Å². The zero-order chi connectivity index (χ0) is 8.10. The lowest BCUT2D eigenvalue weighted by Gasteiger charge is -2.11. The Morgan fingerprint density at radius 2 is 2.18 bits per heavy atom. The highest BCUT2D eigenvalue weighted by molar-refractivity contribution is 5.13. The van der Waals surface area contributed by atoms with Crippen LogP contribution in [0.2, 0.25) is 0 Å². The number of hydrogen-bond donors (Lipinski definition) is 3. The van der Waals surface area contributed by atoms with Crippen molar-refractivity contribution in [2.24, 2.45) is 11.6 Å². The number of rotatable bonds is 1. The first-order valence-electron chi connectivity index (χ1n) is 3.93. The van der Waals surface area contributed by atoms with E-state index in [-0.39, 0.29) is 0 Å². The number of hydrogen-bond acceptors (Lipinski definition) is 3. The molecule has 0 fully saturated rings. The summed E-state index contributed by atoms with van der Waals surface area (Å²) in [5, 5.41) is 0. The minimum Gasteiger partial charge on any atom is -0.400 e. The van der Waals surface area contributed by atoms with E-state index in [2.05, 4.69) is 17.6 Å². The van der Waals surface area contributed by atoms with Crippen LogP contribution in [-0.4, -0.2) is 0 Å². The molecule has 0 aromatic rings. The summed E-state index contributed by atoms with van der Waals surface area (Å²) in [7, 11) is 0. The Labute approximate surface area is 67.1 Å². The minimum absolute atomic E-state index is 0.819. The summed E-state index contributed by atoms with van der Waals surface area (Å²) in [5.41, 5.74) is 10.2. The van der Waals surface area contributed by atoms with Gasteiger partial charge in [0.15, 0.2) is 0 Å². The molecule has 0 unspecified atom stereocenters. The molecular formula is C8H15N3. The second kappa shape index (κ2) is 4.03. The molecule has 0 atom stereocenters. The Hall–Kier alpha value is -0.960. The van der Waals surface area contributed by atoms with Crippen LogP contribution in [-0.2, 0) is 0 Å². The first-order chi connectivity index (χ1) is 5.34. The van der Waals surface area contributed by atoms with E-state index in [0.717, 1.165) is 37.1 Å². The van der Waals surface area contributed by atoms with Crippen LogP contribution in [0.25, 0.3) is 0 Å². The van der Waals surface area contributed by atoms with Crippen molar-refractivity contribution >= 4 is 0 Å². The van der Waals surface area contributed by atoms with Crippen LogP contribution < -0.4 is 17.0 Å². The third-order valence-electron chi connectivity index (χ3n) is 1.86. The average Bonchev–Trinajstić information content (AvgIpc) is 1.98. The highest BCUT2D eigenvalue weighted by atomic mass is 15.2. The lowest BCUT2D eigenvalue weighted by molar-refractivity contribution is 0.715. The van der Waals surface area contributed by atoms with E-state index in [1.54, 1.807) is 0 Å². The second-order valence-electron chi connectivity index (χ2n) is 2.72. The Morgan fingerprint density at radius 3 is 2.91 bits per heavy atom. The smallest absolute Gasteiger partial charge is 0.0449 e. The quantitative estimate of drug-likeness (QED) is 0.296. The van der Waals surface area contributed by atoms with Gasteiger partial charge in [-0.3, -0.25) is 5.84 Å². The fourth-order valence-electron chi connectivity index (χ4n) is 1.17. The van der Waals surface area contributed by atoms with Gasteiger partial charge in [0, 0.05) is 17.8 Å². The van der Waals surface area contributed by atoms with E-state index in [4.69, 9.17) is 11.6 Å². The third kappa shape index (κ3) is 2.27. The molecule has 0 saturated heterocycles. The summed E-state index contributed by atoms with van der Waals surface area (Å²) in [6.07, 6.45) is 8.29. The van der Waals surface area contributed by atoms with Gasteiger partial charge < -0.3 is 11.2 Å². The predicted molar refractivity (Wildman–Crippen MR) is 46.1 cm³/mol. The summed E-state index contributed by atoms with van der Waals surface area (Å²) < 4.78 is 0. The van der Waals surface area contributed by atoms with Gasteiger partial charge in [0.1, 0.15) is 0 Å². The Bertz CT molecular complexity index is 182. The van der Waals surface area contributed by atoms with Gasteiger partial charge in [-0.2, -0.15) is 0 Å². The topological polar surface area (TPSA) is 64.1 Å². The van der Waals surface area contributed by atoms with Crippen molar-refractivity contribution < 1.29 is 0 Å². The number of nitrogens with two attached hydrogens (primary N) is 2. The molecule has 0 aliphatic heterocycles. The van der Waals surface area contributed by atoms with Crippen molar-refractivity contribution in [2.75, 3.05) is 0 Å². The van der Waals surface area contributed by atoms with Gasteiger partial charge >= 0.3 is 0 Å². The molecule has 0 radical (unpaired) electrons. The van der Waals surface area contributed by atoms with Gasteiger partial charge in [0.05, 0.1) is 0 Å². The van der Waals surface area contributed by atoms with Crippen LogP contribution >= 0.6 is 0 Å². The van der Waals surface area contributed by atoms with Crippen molar-refractivity contribution in [2.45, 2.75) is 25.7 Å². The molecule has 0 aromatic carbocycles. The van der Waals surface area contributed by atoms with Crippen molar-refractivity contribution in [3.63, 3.8) is 0 Å². The Kier molecular flexibility index (Phi) is 2.98. The van der Waals surface area contributed by atoms with E-state index in [1.165, 1.54) is 0 Å². The van der Waals surface area contributed by atoms with Gasteiger partial charge in [-0.25, -0.2) is 0 Å². The average molecular weight is 153 g/mol. The van der Waals surface area contributed by atoms with Gasteiger partial charge in [-0.15, -0.1) is 0 Å². The van der Waals surface area contributed by atoms with Crippen LogP contribution in [0.5, 0.6) is 0 Å². The maximum atomic E-state index is 5.74. The fourth-order valence-corrected chi connectivity index (χ4v) is 1.17. The summed E-state index contributed by atoms with van der Waals surface area (Å²) >= 11 is 0. The van der Waals surface area contributed by atoms with Crippen LogP contribution in [0.4, 0.5) is 0 Å². The largest absolute Gasteiger partial charge is 0.400 e. The molecular weight excluding hydrogens is 138 g/mol. The van der Waals surface area contributed by atoms with Gasteiger partial charge in [-0.1, -0.05) is 12.2 Å². The highest BCUT2D eigenvalue weighted by Crippen LogP contribution is 2.12. The van der Waals surface area contributed by atoms with Crippen molar-refractivity contribution in [1.29, 1.82) is 0 Å². The van der Waals surface area contributed by atoms with Crippen LogP contribution in [0.1, 0.15) is 25.7 Å². The zero-order valence-corrected chi connectivity index (χ0v) is 6.64. The predicted octanol–water partition coefficient (Wildman–Crippen LogP) is 0.750. The molecule has 1 aliphatic carbocycles. The molecule has 1 rings (SSSR count). The molecule has 0 aromatic heterocycles. The van der Waals surface area contributed by atoms with Gasteiger partial charge in [-0.05, 0) is 19.3 Å². The lowest BCUT2D eigenvalue weighted by atomic mass is 10.1. The van der Waals surface area contributed by atoms with E-state index in [1.807, 2.05) is 0 Å². The van der Waals surface area contributed by atoms with Gasteiger partial charge in [0.25, 0.3) is 0 Å². The first kappa shape index (κ1) is 8.14. The first-order valence-corrected chi connectivity index (χ1v) is 3.93. The molecule has 0 saturated carbocycles. The molecule has 1 aliphatic rings. The number of nitrogens with one attached hydrogen (secondary N) is 1. The number of hydrazine groups is 1. The molecule has 0 amide bonds. The Morgan fingerprint density at radius 1 is 1.36 bits per heavy atom. The van der Waals surface area contributed by atoms with Crippen LogP contribution in [0, 0.1) is 0 Å². The Balaban J connectivity index is 2.65. The molecule has 62 valence electrons. The maximum Gasteiger partial charge on any atom is 0.0449 e. The van der Waals surface area contributed by atoms with Gasteiger partial charge in [0.2, 0.25) is 0 Å². The molecule has 5 N–H and O–H groups in total. The second-order valence-corrected chi connectivity index (χ2v) is 2.72. The minimum atomic E-state index is 0.819. The fraction of sp³-hybridized carbons (Fsp3) is 0.500. The van der Waals surface area contributed by atoms with Crippen molar-refractivity contribution in [3.05, 3.63) is 23.5 Å². The maximum absolute atomic E-state index is 5.74.